The quantitative estimate of drug-likeness (QED) is 0.458. The second kappa shape index (κ2) is 7.87. The molecule has 0 saturated carbocycles. The summed E-state index contributed by atoms with van der Waals surface area (Å²) in [5.74, 6) is -0.269. The summed E-state index contributed by atoms with van der Waals surface area (Å²) in [5.41, 5.74) is 4.94. The maximum atomic E-state index is 13.7. The highest BCUT2D eigenvalue weighted by atomic mass is 19.1. The van der Waals surface area contributed by atoms with Crippen molar-refractivity contribution in [2.45, 2.75) is 26.9 Å². The molecule has 0 spiro atoms. The molecule has 5 heteroatoms. The lowest BCUT2D eigenvalue weighted by atomic mass is 10.1. The maximum Gasteiger partial charge on any atom is 0.254 e. The molecule has 0 bridgehead atoms. The highest BCUT2D eigenvalue weighted by molar-refractivity contribution is 5.94. The van der Waals surface area contributed by atoms with Crippen molar-refractivity contribution in [1.82, 2.24) is 9.88 Å². The van der Waals surface area contributed by atoms with Gasteiger partial charge in [0.25, 0.3) is 5.91 Å². The molecule has 1 amide bonds. The van der Waals surface area contributed by atoms with Gasteiger partial charge in [-0.15, -0.1) is 0 Å². The first-order valence-corrected chi connectivity index (χ1v) is 9.44. The van der Waals surface area contributed by atoms with Crippen LogP contribution in [0.4, 0.5) is 4.39 Å². The number of benzene rings is 3. The topological polar surface area (TPSA) is 46.3 Å². The predicted molar refractivity (Wildman–Crippen MR) is 110 cm³/mol. The van der Waals surface area contributed by atoms with Crippen molar-refractivity contribution in [3.8, 4) is 0 Å². The van der Waals surface area contributed by atoms with Crippen molar-refractivity contribution in [2.75, 3.05) is 0 Å². The number of aryl methyl sites for hydroxylation is 2. The van der Waals surface area contributed by atoms with Crippen molar-refractivity contribution < 1.29 is 13.6 Å². The average molecular weight is 388 g/mol. The van der Waals surface area contributed by atoms with Crippen molar-refractivity contribution in [3.05, 3.63) is 101 Å². The standard InChI is InChI=1S/C24H21FN2O2/c1-16-6-9-18(10-7-16)14-27(24(28)19-4-3-5-20(25)13-19)15-23-26-21-12-17(2)8-11-22(21)29-23/h3-13H,14-15H2,1-2H3. The van der Waals surface area contributed by atoms with Crippen LogP contribution in [0.5, 0.6) is 0 Å². The molecule has 4 aromatic rings. The van der Waals surface area contributed by atoms with E-state index in [-0.39, 0.29) is 12.5 Å². The molecule has 4 rings (SSSR count). The van der Waals surface area contributed by atoms with Crippen LogP contribution in [0.2, 0.25) is 0 Å². The van der Waals surface area contributed by atoms with Gasteiger partial charge in [0.1, 0.15) is 11.3 Å². The zero-order chi connectivity index (χ0) is 20.4. The van der Waals surface area contributed by atoms with Gasteiger partial charge in [-0.05, 0) is 55.3 Å². The summed E-state index contributed by atoms with van der Waals surface area (Å²) < 4.78 is 19.5. The molecule has 0 saturated heterocycles. The fraction of sp³-hybridized carbons (Fsp3) is 0.167. The molecule has 0 radical (unpaired) electrons. The van der Waals surface area contributed by atoms with Crippen LogP contribution in [0.1, 0.15) is 32.9 Å². The Morgan fingerprint density at radius 3 is 2.48 bits per heavy atom. The molecule has 4 nitrogen and oxygen atoms in total. The van der Waals surface area contributed by atoms with E-state index in [1.165, 1.54) is 18.2 Å². The summed E-state index contributed by atoms with van der Waals surface area (Å²) in [6, 6.07) is 19.5. The monoisotopic (exact) mass is 388 g/mol. The number of oxazole rings is 1. The third kappa shape index (κ3) is 4.35. The molecular weight excluding hydrogens is 367 g/mol. The first kappa shape index (κ1) is 18.9. The molecule has 0 aliphatic carbocycles. The van der Waals surface area contributed by atoms with E-state index in [9.17, 15) is 9.18 Å². The van der Waals surface area contributed by atoms with Crippen molar-refractivity contribution >= 4 is 17.0 Å². The molecule has 0 N–H and O–H groups in total. The smallest absolute Gasteiger partial charge is 0.254 e. The zero-order valence-corrected chi connectivity index (χ0v) is 16.4. The highest BCUT2D eigenvalue weighted by Crippen LogP contribution is 2.20. The van der Waals surface area contributed by atoms with Gasteiger partial charge in [0.15, 0.2) is 5.58 Å². The third-order valence-corrected chi connectivity index (χ3v) is 4.77. The Bertz CT molecular complexity index is 1170. The molecular formula is C24H21FN2O2. The molecule has 0 unspecified atom stereocenters. The number of fused-ring (bicyclic) bond motifs is 1. The lowest BCUT2D eigenvalue weighted by Gasteiger charge is -2.21. The minimum Gasteiger partial charge on any atom is -0.439 e. The van der Waals surface area contributed by atoms with Crippen molar-refractivity contribution in [1.29, 1.82) is 0 Å². The number of carbonyl (C=O) groups excluding carboxylic acids is 1. The first-order valence-electron chi connectivity index (χ1n) is 9.44. The van der Waals surface area contributed by atoms with Gasteiger partial charge in [-0.2, -0.15) is 0 Å². The van der Waals surface area contributed by atoms with Gasteiger partial charge < -0.3 is 9.32 Å². The molecule has 1 aromatic heterocycles. The normalized spacial score (nSPS) is 11.0. The van der Waals surface area contributed by atoms with Crippen LogP contribution in [-0.2, 0) is 13.1 Å². The fourth-order valence-corrected chi connectivity index (χ4v) is 3.23. The number of nitrogens with zero attached hydrogens (tertiary/aromatic N) is 2. The van der Waals surface area contributed by atoms with Crippen LogP contribution < -0.4 is 0 Å². The number of amides is 1. The highest BCUT2D eigenvalue weighted by Gasteiger charge is 2.20. The van der Waals surface area contributed by atoms with Crippen LogP contribution in [0.3, 0.4) is 0 Å². The second-order valence-electron chi connectivity index (χ2n) is 7.24. The molecule has 3 aromatic carbocycles. The number of rotatable bonds is 5. The molecule has 29 heavy (non-hydrogen) atoms. The SMILES string of the molecule is Cc1ccc(CN(Cc2nc3cc(C)ccc3o2)C(=O)c2cccc(F)c2)cc1. The van der Waals surface area contributed by atoms with E-state index in [1.54, 1.807) is 11.0 Å². The minimum atomic E-state index is -0.441. The van der Waals surface area contributed by atoms with Crippen molar-refractivity contribution in [2.24, 2.45) is 0 Å². The Kier molecular flexibility index (Phi) is 5.12. The average Bonchev–Trinajstić information content (AvgIpc) is 3.10. The molecule has 0 fully saturated rings. The summed E-state index contributed by atoms with van der Waals surface area (Å²) in [6.45, 7) is 4.56. The summed E-state index contributed by atoms with van der Waals surface area (Å²) >= 11 is 0. The summed E-state index contributed by atoms with van der Waals surface area (Å²) in [6.07, 6.45) is 0. The largest absolute Gasteiger partial charge is 0.439 e. The minimum absolute atomic E-state index is 0.191. The summed E-state index contributed by atoms with van der Waals surface area (Å²) in [5, 5.41) is 0. The van der Waals surface area contributed by atoms with Crippen LogP contribution in [0, 0.1) is 19.7 Å². The van der Waals surface area contributed by atoms with E-state index in [4.69, 9.17) is 4.42 Å². The Hall–Kier alpha value is -3.47. The van der Waals surface area contributed by atoms with E-state index >= 15 is 0 Å². The lowest BCUT2D eigenvalue weighted by molar-refractivity contribution is 0.0715. The lowest BCUT2D eigenvalue weighted by Crippen LogP contribution is -2.30. The fourth-order valence-electron chi connectivity index (χ4n) is 3.23. The summed E-state index contributed by atoms with van der Waals surface area (Å²) in [7, 11) is 0. The Labute approximate surface area is 168 Å². The van der Waals surface area contributed by atoms with Crippen molar-refractivity contribution in [3.63, 3.8) is 0 Å². The zero-order valence-electron chi connectivity index (χ0n) is 16.4. The Balaban J connectivity index is 1.66. The summed E-state index contributed by atoms with van der Waals surface area (Å²) in [4.78, 5) is 19.3. The second-order valence-corrected chi connectivity index (χ2v) is 7.24. The molecule has 0 aliphatic heterocycles. The van der Waals surface area contributed by atoms with Crippen LogP contribution in [0.25, 0.3) is 11.1 Å². The van der Waals surface area contributed by atoms with Crippen LogP contribution >= 0.6 is 0 Å². The van der Waals surface area contributed by atoms with E-state index in [0.29, 0.717) is 23.6 Å². The van der Waals surface area contributed by atoms with Gasteiger partial charge in [-0.1, -0.05) is 42.0 Å². The number of hydrogen-bond acceptors (Lipinski definition) is 3. The van der Waals surface area contributed by atoms with Crippen LogP contribution in [-0.4, -0.2) is 15.8 Å². The molecule has 0 atom stereocenters. The maximum absolute atomic E-state index is 13.7. The van der Waals surface area contributed by atoms with Gasteiger partial charge in [-0.3, -0.25) is 4.79 Å². The van der Waals surface area contributed by atoms with Gasteiger partial charge in [0.2, 0.25) is 5.89 Å². The molecule has 0 aliphatic rings. The Morgan fingerprint density at radius 1 is 0.966 bits per heavy atom. The van der Waals surface area contributed by atoms with Gasteiger partial charge >= 0.3 is 0 Å². The van der Waals surface area contributed by atoms with E-state index in [0.717, 1.165) is 22.2 Å². The van der Waals surface area contributed by atoms with Gasteiger partial charge in [0.05, 0.1) is 6.54 Å². The van der Waals surface area contributed by atoms with E-state index < -0.39 is 5.82 Å². The Morgan fingerprint density at radius 2 is 1.72 bits per heavy atom. The number of halogens is 1. The number of carbonyl (C=O) groups is 1. The molecule has 146 valence electrons. The van der Waals surface area contributed by atoms with Gasteiger partial charge in [0, 0.05) is 12.1 Å². The van der Waals surface area contributed by atoms with Crippen LogP contribution in [0.15, 0.2) is 71.1 Å². The van der Waals surface area contributed by atoms with E-state index in [1.807, 2.05) is 56.3 Å². The number of aromatic nitrogens is 1. The van der Waals surface area contributed by atoms with Gasteiger partial charge in [-0.25, -0.2) is 9.37 Å². The first-order chi connectivity index (χ1) is 14.0. The predicted octanol–water partition coefficient (Wildman–Crippen LogP) is 5.43. The number of hydrogen-bond donors (Lipinski definition) is 0. The molecule has 1 heterocycles. The van der Waals surface area contributed by atoms with E-state index in [2.05, 4.69) is 4.98 Å². The third-order valence-electron chi connectivity index (χ3n) is 4.77.